The van der Waals surface area contributed by atoms with Crippen LogP contribution in [0.15, 0.2) is 17.1 Å². The van der Waals surface area contributed by atoms with E-state index in [0.29, 0.717) is 6.17 Å². The second-order valence-corrected chi connectivity index (χ2v) is 6.76. The van der Waals surface area contributed by atoms with Crippen molar-refractivity contribution < 1.29 is 0 Å². The summed E-state index contributed by atoms with van der Waals surface area (Å²) < 4.78 is 0. The molecule has 0 spiro atoms. The van der Waals surface area contributed by atoms with E-state index in [2.05, 4.69) is 29.0 Å². The number of allylic oxidation sites excluding steroid dienone is 2. The van der Waals surface area contributed by atoms with Crippen molar-refractivity contribution in [2.75, 3.05) is 19.6 Å². The Kier molecular flexibility index (Phi) is 13.2. The monoisotopic (exact) mass is 321 g/mol. The van der Waals surface area contributed by atoms with Gasteiger partial charge in [-0.1, -0.05) is 64.0 Å². The molecule has 134 valence electrons. The molecule has 0 bridgehead atoms. The summed E-state index contributed by atoms with van der Waals surface area (Å²) in [4.78, 5) is 6.93. The summed E-state index contributed by atoms with van der Waals surface area (Å²) in [6.07, 6.45) is 23.3. The maximum atomic E-state index is 5.64. The molecule has 3 heteroatoms. The maximum absolute atomic E-state index is 5.64. The first-order valence-corrected chi connectivity index (χ1v) is 9.99. The SMILES string of the molecule is CCCCCCCCCC/C=C/CCCC1N=CCN1CCN. The zero-order chi connectivity index (χ0) is 16.6. The number of hydrogen-bond donors (Lipinski definition) is 1. The Labute approximate surface area is 144 Å². The van der Waals surface area contributed by atoms with Crippen LogP contribution in [0.1, 0.15) is 84.0 Å². The number of nitrogens with zero attached hydrogens (tertiary/aromatic N) is 2. The van der Waals surface area contributed by atoms with E-state index in [4.69, 9.17) is 5.73 Å². The minimum atomic E-state index is 0.389. The Morgan fingerprint density at radius 3 is 2.35 bits per heavy atom. The molecule has 3 nitrogen and oxygen atoms in total. The van der Waals surface area contributed by atoms with E-state index in [1.165, 1.54) is 77.0 Å². The van der Waals surface area contributed by atoms with Crippen LogP contribution in [0.5, 0.6) is 0 Å². The number of unbranched alkanes of at least 4 members (excludes halogenated alkanes) is 9. The second kappa shape index (κ2) is 14.9. The van der Waals surface area contributed by atoms with Crippen LogP contribution in [-0.2, 0) is 0 Å². The molecule has 0 radical (unpaired) electrons. The molecule has 1 atom stereocenters. The van der Waals surface area contributed by atoms with Crippen LogP contribution in [0.4, 0.5) is 0 Å². The van der Waals surface area contributed by atoms with Crippen molar-refractivity contribution in [3.05, 3.63) is 12.2 Å². The van der Waals surface area contributed by atoms with Gasteiger partial charge in [-0.25, -0.2) is 0 Å². The van der Waals surface area contributed by atoms with E-state index >= 15 is 0 Å². The predicted octanol–water partition coefficient (Wildman–Crippen LogP) is 4.91. The Balaban J connectivity index is 1.86. The van der Waals surface area contributed by atoms with Crippen LogP contribution in [0.2, 0.25) is 0 Å². The second-order valence-electron chi connectivity index (χ2n) is 6.76. The molecule has 0 aliphatic carbocycles. The average Bonchev–Trinajstić information content (AvgIpc) is 2.99. The summed E-state index contributed by atoms with van der Waals surface area (Å²) in [6.45, 7) is 4.97. The Morgan fingerprint density at radius 2 is 1.65 bits per heavy atom. The van der Waals surface area contributed by atoms with Crippen LogP contribution in [-0.4, -0.2) is 36.9 Å². The van der Waals surface area contributed by atoms with Gasteiger partial charge in [-0.15, -0.1) is 0 Å². The van der Waals surface area contributed by atoms with Gasteiger partial charge in [-0.2, -0.15) is 0 Å². The quantitative estimate of drug-likeness (QED) is 0.344. The molecular formula is C20H39N3. The fraction of sp³-hybridized carbons (Fsp3) is 0.850. The smallest absolute Gasteiger partial charge is 0.102 e. The summed E-state index contributed by atoms with van der Waals surface area (Å²) >= 11 is 0. The number of rotatable bonds is 15. The number of nitrogens with two attached hydrogens (primary N) is 1. The highest BCUT2D eigenvalue weighted by Crippen LogP contribution is 2.14. The highest BCUT2D eigenvalue weighted by molar-refractivity contribution is 5.62. The van der Waals surface area contributed by atoms with Gasteiger partial charge in [0.15, 0.2) is 0 Å². The molecule has 1 rings (SSSR count). The molecule has 1 heterocycles. The lowest BCUT2D eigenvalue weighted by Crippen LogP contribution is -2.34. The summed E-state index contributed by atoms with van der Waals surface area (Å²) in [6, 6.07) is 0. The van der Waals surface area contributed by atoms with Gasteiger partial charge in [0, 0.05) is 25.8 Å². The minimum absolute atomic E-state index is 0.389. The molecule has 1 aliphatic heterocycles. The number of hydrogen-bond acceptors (Lipinski definition) is 3. The van der Waals surface area contributed by atoms with Crippen molar-refractivity contribution >= 4 is 6.21 Å². The van der Waals surface area contributed by atoms with E-state index < -0.39 is 0 Å². The van der Waals surface area contributed by atoms with Gasteiger partial charge in [0.25, 0.3) is 0 Å². The van der Waals surface area contributed by atoms with E-state index in [9.17, 15) is 0 Å². The molecule has 0 aromatic carbocycles. The molecular weight excluding hydrogens is 282 g/mol. The molecule has 1 unspecified atom stereocenters. The third kappa shape index (κ3) is 10.7. The molecule has 0 aromatic heterocycles. The van der Waals surface area contributed by atoms with Gasteiger partial charge in [-0.05, 0) is 32.1 Å². The summed E-state index contributed by atoms with van der Waals surface area (Å²) in [5, 5.41) is 0. The third-order valence-corrected chi connectivity index (χ3v) is 4.66. The first-order chi connectivity index (χ1) is 11.4. The van der Waals surface area contributed by atoms with Crippen LogP contribution in [0.3, 0.4) is 0 Å². The molecule has 0 saturated heterocycles. The molecule has 2 N–H and O–H groups in total. The highest BCUT2D eigenvalue weighted by atomic mass is 15.3. The van der Waals surface area contributed by atoms with Crippen LogP contribution in [0, 0.1) is 0 Å². The van der Waals surface area contributed by atoms with E-state index in [1.54, 1.807) is 0 Å². The molecule has 0 amide bonds. The van der Waals surface area contributed by atoms with Gasteiger partial charge < -0.3 is 5.73 Å². The lowest BCUT2D eigenvalue weighted by Gasteiger charge is -2.21. The van der Waals surface area contributed by atoms with Crippen molar-refractivity contribution in [2.24, 2.45) is 10.7 Å². The van der Waals surface area contributed by atoms with Crippen molar-refractivity contribution in [3.63, 3.8) is 0 Å². The molecule has 23 heavy (non-hydrogen) atoms. The van der Waals surface area contributed by atoms with E-state index in [1.807, 2.05) is 6.21 Å². The molecule has 0 saturated carbocycles. The first kappa shape index (κ1) is 20.4. The van der Waals surface area contributed by atoms with Crippen molar-refractivity contribution in [2.45, 2.75) is 90.1 Å². The topological polar surface area (TPSA) is 41.6 Å². The lowest BCUT2D eigenvalue weighted by molar-refractivity contribution is 0.243. The fourth-order valence-corrected chi connectivity index (χ4v) is 3.20. The average molecular weight is 322 g/mol. The molecule has 0 fully saturated rings. The van der Waals surface area contributed by atoms with E-state index in [-0.39, 0.29) is 0 Å². The van der Waals surface area contributed by atoms with Crippen molar-refractivity contribution in [1.29, 1.82) is 0 Å². The number of aliphatic imine (C=N–C) groups is 1. The lowest BCUT2D eigenvalue weighted by atomic mass is 10.1. The van der Waals surface area contributed by atoms with E-state index in [0.717, 1.165) is 19.6 Å². The third-order valence-electron chi connectivity index (χ3n) is 4.66. The van der Waals surface area contributed by atoms with Gasteiger partial charge in [0.05, 0.1) is 0 Å². The van der Waals surface area contributed by atoms with Gasteiger partial charge >= 0.3 is 0 Å². The summed E-state index contributed by atoms with van der Waals surface area (Å²) in [7, 11) is 0. The Bertz CT molecular complexity index is 312. The Morgan fingerprint density at radius 1 is 1.00 bits per heavy atom. The van der Waals surface area contributed by atoms with Crippen molar-refractivity contribution in [3.8, 4) is 0 Å². The highest BCUT2D eigenvalue weighted by Gasteiger charge is 2.18. The molecule has 0 aromatic rings. The van der Waals surface area contributed by atoms with Crippen LogP contribution < -0.4 is 5.73 Å². The first-order valence-electron chi connectivity index (χ1n) is 9.99. The summed E-state index contributed by atoms with van der Waals surface area (Å²) in [5.41, 5.74) is 5.64. The normalized spacial score (nSPS) is 18.4. The Hall–Kier alpha value is -0.670. The fourth-order valence-electron chi connectivity index (χ4n) is 3.20. The predicted molar refractivity (Wildman–Crippen MR) is 103 cm³/mol. The van der Waals surface area contributed by atoms with Gasteiger partial charge in [0.2, 0.25) is 0 Å². The standard InChI is InChI=1S/C20H39N3/c1-2-3-4-5-6-7-8-9-10-11-12-13-14-15-20-22-17-19-23(20)18-16-21/h11-12,17,20H,2-10,13-16,18-19,21H2,1H3/b12-11+. The summed E-state index contributed by atoms with van der Waals surface area (Å²) in [5.74, 6) is 0. The zero-order valence-electron chi connectivity index (χ0n) is 15.4. The van der Waals surface area contributed by atoms with Crippen molar-refractivity contribution in [1.82, 2.24) is 4.90 Å². The zero-order valence-corrected chi connectivity index (χ0v) is 15.4. The minimum Gasteiger partial charge on any atom is -0.329 e. The van der Waals surface area contributed by atoms with Gasteiger partial charge in [-0.3, -0.25) is 9.89 Å². The maximum Gasteiger partial charge on any atom is 0.102 e. The molecule has 1 aliphatic rings. The largest absolute Gasteiger partial charge is 0.329 e. The van der Waals surface area contributed by atoms with Crippen LogP contribution in [0.25, 0.3) is 0 Å². The van der Waals surface area contributed by atoms with Crippen LogP contribution >= 0.6 is 0 Å². The van der Waals surface area contributed by atoms with Gasteiger partial charge in [0.1, 0.15) is 6.17 Å².